The zero-order valence-electron chi connectivity index (χ0n) is 23.3. The molecule has 0 bridgehead atoms. The maximum atomic E-state index is 13.2. The Balaban J connectivity index is 1.57. The van der Waals surface area contributed by atoms with Crippen molar-refractivity contribution < 1.29 is 22.4 Å². The third kappa shape index (κ3) is 4.92. The van der Waals surface area contributed by atoms with Gasteiger partial charge in [-0.2, -0.15) is 0 Å². The van der Waals surface area contributed by atoms with Gasteiger partial charge in [-0.15, -0.1) is 11.3 Å². The van der Waals surface area contributed by atoms with Crippen LogP contribution in [-0.4, -0.2) is 50.6 Å². The first-order chi connectivity index (χ1) is 20.0. The summed E-state index contributed by atoms with van der Waals surface area (Å²) in [7, 11) is -0.642. The van der Waals surface area contributed by atoms with Gasteiger partial charge in [-0.3, -0.25) is 18.9 Å². The Bertz CT molecular complexity index is 1990. The normalized spacial score (nSPS) is 13.1. The molecule has 10 nitrogen and oxygen atoms in total. The maximum Gasteiger partial charge on any atom is 0.255 e. The molecule has 0 atom stereocenters. The molecular formula is C30H27N5O5S2. The van der Waals surface area contributed by atoms with Crippen molar-refractivity contribution in [3.8, 4) is 33.0 Å². The molecule has 5 aromatic rings. The minimum absolute atomic E-state index is 0.0648. The molecule has 1 aliphatic rings. The Morgan fingerprint density at radius 2 is 1.81 bits per heavy atom. The van der Waals surface area contributed by atoms with E-state index in [-0.39, 0.29) is 11.8 Å². The average molecular weight is 602 g/mol. The fraction of sp³-hybridized carbons (Fsp3) is 0.200. The van der Waals surface area contributed by atoms with Gasteiger partial charge in [-0.1, -0.05) is 29.8 Å². The maximum absolute atomic E-state index is 13.2. The number of carbonyl (C=O) groups excluding carboxylic acids is 2. The number of hydrogen-bond donors (Lipinski definition) is 2. The van der Waals surface area contributed by atoms with Gasteiger partial charge in [0.05, 0.1) is 22.4 Å². The van der Waals surface area contributed by atoms with Crippen LogP contribution in [0.25, 0.3) is 44.0 Å². The van der Waals surface area contributed by atoms with Crippen LogP contribution in [-0.2, 0) is 21.2 Å². The number of carbonyl (C=O) groups is 2. The third-order valence-electron chi connectivity index (χ3n) is 7.24. The van der Waals surface area contributed by atoms with Crippen LogP contribution in [0, 0.1) is 6.92 Å². The first-order valence-corrected chi connectivity index (χ1v) is 15.8. The number of anilines is 2. The van der Waals surface area contributed by atoms with Crippen LogP contribution in [0.2, 0.25) is 0 Å². The quantitative estimate of drug-likeness (QED) is 0.272. The summed E-state index contributed by atoms with van der Waals surface area (Å²) >= 11 is 1.48. The van der Waals surface area contributed by atoms with Gasteiger partial charge in [0.2, 0.25) is 15.9 Å². The van der Waals surface area contributed by atoms with Gasteiger partial charge < -0.3 is 15.1 Å². The first kappa shape index (κ1) is 27.6. The fourth-order valence-electron chi connectivity index (χ4n) is 4.93. The monoisotopic (exact) mass is 601 g/mol. The molecule has 2 amide bonds. The molecule has 42 heavy (non-hydrogen) atoms. The SMILES string of the molecule is CNC(=O)c1c(-c2ccc(C)cc2)oc2cc(N(C)S(C)(=O)=O)c(-c3cncc(-c4nc5c(s4)CCC(=O)N5)c3)cc12. The Hall–Kier alpha value is -4.55. The number of fused-ring (bicyclic) bond motifs is 2. The van der Waals surface area contributed by atoms with E-state index in [1.165, 1.54) is 22.7 Å². The summed E-state index contributed by atoms with van der Waals surface area (Å²) in [5.74, 6) is 0.552. The lowest BCUT2D eigenvalue weighted by molar-refractivity contribution is -0.116. The van der Waals surface area contributed by atoms with Gasteiger partial charge in [0.1, 0.15) is 22.2 Å². The summed E-state index contributed by atoms with van der Waals surface area (Å²) in [5, 5.41) is 6.74. The number of nitrogens with one attached hydrogen (secondary N) is 2. The molecule has 0 radical (unpaired) electrons. The van der Waals surface area contributed by atoms with Gasteiger partial charge in [0.25, 0.3) is 5.91 Å². The van der Waals surface area contributed by atoms with Gasteiger partial charge in [-0.05, 0) is 25.5 Å². The Kier molecular flexibility index (Phi) is 6.82. The number of nitrogens with zero attached hydrogens (tertiary/aromatic N) is 3. The summed E-state index contributed by atoms with van der Waals surface area (Å²) in [6, 6.07) is 12.9. The third-order valence-corrected chi connectivity index (χ3v) is 9.60. The van der Waals surface area contributed by atoms with Crippen molar-refractivity contribution in [3.05, 3.63) is 70.9 Å². The van der Waals surface area contributed by atoms with Crippen molar-refractivity contribution in [2.24, 2.45) is 0 Å². The predicted octanol–water partition coefficient (Wildman–Crippen LogP) is 5.23. The van der Waals surface area contributed by atoms with Crippen molar-refractivity contribution in [3.63, 3.8) is 0 Å². The van der Waals surface area contributed by atoms with Crippen LogP contribution in [0.5, 0.6) is 0 Å². The Morgan fingerprint density at radius 1 is 1.07 bits per heavy atom. The smallest absolute Gasteiger partial charge is 0.255 e. The van der Waals surface area contributed by atoms with E-state index in [0.717, 1.165) is 22.3 Å². The molecule has 1 aliphatic heterocycles. The molecule has 3 aromatic heterocycles. The van der Waals surface area contributed by atoms with Crippen molar-refractivity contribution in [2.75, 3.05) is 30.0 Å². The lowest BCUT2D eigenvalue weighted by atomic mass is 9.98. The van der Waals surface area contributed by atoms with Crippen LogP contribution in [0.15, 0.2) is 59.3 Å². The number of amides is 2. The van der Waals surface area contributed by atoms with Crippen molar-refractivity contribution in [1.29, 1.82) is 0 Å². The first-order valence-electron chi connectivity index (χ1n) is 13.1. The highest BCUT2D eigenvalue weighted by molar-refractivity contribution is 7.92. The summed E-state index contributed by atoms with van der Waals surface area (Å²) < 4.78 is 32.9. The number of rotatable bonds is 6. The Morgan fingerprint density at radius 3 is 2.52 bits per heavy atom. The number of aromatic nitrogens is 2. The minimum Gasteiger partial charge on any atom is -0.455 e. The van der Waals surface area contributed by atoms with Crippen molar-refractivity contribution >= 4 is 55.6 Å². The lowest BCUT2D eigenvalue weighted by Crippen LogP contribution is -2.25. The number of furan rings is 1. The average Bonchev–Trinajstić information content (AvgIpc) is 3.56. The zero-order valence-corrected chi connectivity index (χ0v) is 24.9. The second-order valence-corrected chi connectivity index (χ2v) is 13.2. The number of pyridine rings is 1. The summed E-state index contributed by atoms with van der Waals surface area (Å²) in [6.45, 7) is 1.97. The van der Waals surface area contributed by atoms with E-state index in [9.17, 15) is 18.0 Å². The zero-order chi connectivity index (χ0) is 29.8. The molecule has 0 fully saturated rings. The highest BCUT2D eigenvalue weighted by Crippen LogP contribution is 2.42. The van der Waals surface area contributed by atoms with E-state index in [1.807, 2.05) is 37.3 Å². The summed E-state index contributed by atoms with van der Waals surface area (Å²) in [6.07, 6.45) is 5.48. The summed E-state index contributed by atoms with van der Waals surface area (Å²) in [5.41, 5.74) is 4.74. The molecule has 0 spiro atoms. The topological polar surface area (TPSA) is 134 Å². The van der Waals surface area contributed by atoms with Crippen LogP contribution in [0.4, 0.5) is 11.5 Å². The van der Waals surface area contributed by atoms with Crippen molar-refractivity contribution in [1.82, 2.24) is 15.3 Å². The molecule has 2 aromatic carbocycles. The number of benzene rings is 2. The van der Waals surface area contributed by atoms with Gasteiger partial charge in [0.15, 0.2) is 0 Å². The number of sulfonamides is 1. The highest BCUT2D eigenvalue weighted by Gasteiger charge is 2.26. The minimum atomic E-state index is -3.66. The molecule has 4 heterocycles. The van der Waals surface area contributed by atoms with Crippen LogP contribution < -0.4 is 14.9 Å². The van der Waals surface area contributed by atoms with Gasteiger partial charge in [-0.25, -0.2) is 13.4 Å². The second kappa shape index (κ2) is 10.4. The molecule has 0 aliphatic carbocycles. The van der Waals surface area contributed by atoms with Gasteiger partial charge in [0, 0.05) is 66.6 Å². The number of thiazole rings is 1. The van der Waals surface area contributed by atoms with E-state index >= 15 is 0 Å². The van der Waals surface area contributed by atoms with Crippen LogP contribution in [0.3, 0.4) is 0 Å². The van der Waals surface area contributed by atoms with Crippen molar-refractivity contribution in [2.45, 2.75) is 19.8 Å². The van der Waals surface area contributed by atoms with E-state index in [4.69, 9.17) is 4.42 Å². The van der Waals surface area contributed by atoms with E-state index in [2.05, 4.69) is 20.6 Å². The molecule has 12 heteroatoms. The molecule has 2 N–H and O–H groups in total. The van der Waals surface area contributed by atoms with Crippen LogP contribution >= 0.6 is 11.3 Å². The lowest BCUT2D eigenvalue weighted by Gasteiger charge is -2.20. The van der Waals surface area contributed by atoms with Gasteiger partial charge >= 0.3 is 0 Å². The molecular weight excluding hydrogens is 574 g/mol. The van der Waals surface area contributed by atoms with Crippen LogP contribution in [0.1, 0.15) is 27.2 Å². The molecule has 0 saturated heterocycles. The molecule has 6 rings (SSSR count). The second-order valence-electron chi connectivity index (χ2n) is 10.1. The largest absolute Gasteiger partial charge is 0.455 e. The predicted molar refractivity (Wildman–Crippen MR) is 164 cm³/mol. The molecule has 214 valence electrons. The van der Waals surface area contributed by atoms with E-state index in [1.54, 1.807) is 31.6 Å². The standard InChI is InChI=1S/C30H27N5O5S2/c1-16-5-7-17(8-6-16)27-26(29(37)31-2)21-12-20(22(13-23(21)40-27)35(3)42(4,38)39)18-11-19(15-32-14-18)30-34-28-24(41-30)9-10-25(36)33-28/h5-8,11-15H,9-10H2,1-4H3,(H,31,37)(H,33,36). The summed E-state index contributed by atoms with van der Waals surface area (Å²) in [4.78, 5) is 35.1. The molecule has 0 saturated carbocycles. The van der Waals surface area contributed by atoms with E-state index < -0.39 is 10.0 Å². The highest BCUT2D eigenvalue weighted by atomic mass is 32.2. The Labute approximate surface area is 246 Å². The fourth-order valence-corrected chi connectivity index (χ4v) is 6.43. The number of aryl methyl sites for hydroxylation is 2. The number of hydrogen-bond acceptors (Lipinski definition) is 8. The van der Waals surface area contributed by atoms with E-state index in [0.29, 0.717) is 68.3 Å². The molecule has 0 unspecified atom stereocenters.